The molecule has 2 aliphatic rings. The molecule has 1 saturated heterocycles. The Balaban J connectivity index is 1.47. The molecule has 0 bridgehead atoms. The summed E-state index contributed by atoms with van der Waals surface area (Å²) >= 11 is 0. The van der Waals surface area contributed by atoms with Crippen LogP contribution in [0.3, 0.4) is 0 Å². The third-order valence-electron chi connectivity index (χ3n) is 6.36. The number of rotatable bonds is 7. The van der Waals surface area contributed by atoms with Crippen LogP contribution in [0.25, 0.3) is 0 Å². The number of anilines is 1. The lowest BCUT2D eigenvalue weighted by molar-refractivity contribution is -0.134. The van der Waals surface area contributed by atoms with Crippen LogP contribution in [0.2, 0.25) is 0 Å². The SMILES string of the molecule is CNc1cc([C@@H]2CC(=O)N(Cc3ccccc3)C2)nc(CN(C)C(=O)C2CCCC2)n1. The largest absolute Gasteiger partial charge is 0.373 e. The number of aromatic nitrogens is 2. The molecule has 0 radical (unpaired) electrons. The van der Waals surface area contributed by atoms with Crippen molar-refractivity contribution >= 4 is 17.6 Å². The number of amides is 2. The van der Waals surface area contributed by atoms with Crippen molar-refractivity contribution in [3.63, 3.8) is 0 Å². The van der Waals surface area contributed by atoms with Crippen LogP contribution in [0.5, 0.6) is 0 Å². The van der Waals surface area contributed by atoms with Crippen LogP contribution in [0.1, 0.15) is 55.1 Å². The molecule has 31 heavy (non-hydrogen) atoms. The Morgan fingerprint density at radius 2 is 1.94 bits per heavy atom. The van der Waals surface area contributed by atoms with Gasteiger partial charge in [-0.2, -0.15) is 0 Å². The normalized spacial score (nSPS) is 19.1. The van der Waals surface area contributed by atoms with E-state index in [1.807, 2.05) is 55.4 Å². The van der Waals surface area contributed by atoms with Gasteiger partial charge in [-0.15, -0.1) is 0 Å². The molecule has 0 unspecified atom stereocenters. The molecule has 2 aromatic rings. The quantitative estimate of drug-likeness (QED) is 0.743. The molecular formula is C24H31N5O2. The van der Waals surface area contributed by atoms with Crippen molar-refractivity contribution in [1.82, 2.24) is 19.8 Å². The fraction of sp³-hybridized carbons (Fsp3) is 0.500. The third-order valence-corrected chi connectivity index (χ3v) is 6.36. The molecule has 1 saturated carbocycles. The van der Waals surface area contributed by atoms with Crippen molar-refractivity contribution in [3.8, 4) is 0 Å². The molecule has 1 aromatic heterocycles. The molecule has 4 rings (SSSR count). The highest BCUT2D eigenvalue weighted by atomic mass is 16.2. The van der Waals surface area contributed by atoms with Crippen LogP contribution in [0, 0.1) is 5.92 Å². The van der Waals surface area contributed by atoms with Gasteiger partial charge < -0.3 is 15.1 Å². The summed E-state index contributed by atoms with van der Waals surface area (Å²) in [5.41, 5.74) is 1.99. The molecule has 2 amide bonds. The molecule has 2 heterocycles. The van der Waals surface area contributed by atoms with Gasteiger partial charge in [-0.3, -0.25) is 9.59 Å². The van der Waals surface area contributed by atoms with Crippen molar-refractivity contribution in [2.75, 3.05) is 26.0 Å². The maximum absolute atomic E-state index is 12.7. The van der Waals surface area contributed by atoms with Gasteiger partial charge in [0.1, 0.15) is 11.6 Å². The summed E-state index contributed by atoms with van der Waals surface area (Å²) in [4.78, 5) is 38.3. The van der Waals surface area contributed by atoms with E-state index in [9.17, 15) is 9.59 Å². The molecule has 1 aliphatic heterocycles. The van der Waals surface area contributed by atoms with Crippen molar-refractivity contribution in [1.29, 1.82) is 0 Å². The van der Waals surface area contributed by atoms with E-state index in [1.54, 1.807) is 4.90 Å². The van der Waals surface area contributed by atoms with E-state index in [0.717, 1.165) is 42.8 Å². The zero-order valence-corrected chi connectivity index (χ0v) is 18.4. The highest BCUT2D eigenvalue weighted by molar-refractivity contribution is 5.80. The summed E-state index contributed by atoms with van der Waals surface area (Å²) in [5.74, 6) is 1.83. The lowest BCUT2D eigenvalue weighted by atomic mass is 10.0. The van der Waals surface area contributed by atoms with E-state index >= 15 is 0 Å². The predicted molar refractivity (Wildman–Crippen MR) is 119 cm³/mol. The summed E-state index contributed by atoms with van der Waals surface area (Å²) in [6, 6.07) is 12.0. The molecule has 1 aliphatic carbocycles. The first kappa shape index (κ1) is 21.3. The highest BCUT2D eigenvalue weighted by Crippen LogP contribution is 2.30. The number of carbonyl (C=O) groups excluding carboxylic acids is 2. The Bertz CT molecular complexity index is 927. The fourth-order valence-electron chi connectivity index (χ4n) is 4.63. The molecular weight excluding hydrogens is 390 g/mol. The summed E-state index contributed by atoms with van der Waals surface area (Å²) in [6.07, 6.45) is 4.68. The van der Waals surface area contributed by atoms with Crippen molar-refractivity contribution in [2.45, 2.75) is 51.1 Å². The predicted octanol–water partition coefficient (Wildman–Crippen LogP) is 3.18. The second-order valence-electron chi connectivity index (χ2n) is 8.68. The van der Waals surface area contributed by atoms with Gasteiger partial charge >= 0.3 is 0 Å². The van der Waals surface area contributed by atoms with Crippen LogP contribution < -0.4 is 5.32 Å². The van der Waals surface area contributed by atoms with E-state index in [0.29, 0.717) is 31.9 Å². The highest BCUT2D eigenvalue weighted by Gasteiger charge is 2.32. The first-order valence-electron chi connectivity index (χ1n) is 11.2. The van der Waals surface area contributed by atoms with Gasteiger partial charge in [0.2, 0.25) is 11.8 Å². The molecule has 7 heteroatoms. The van der Waals surface area contributed by atoms with Crippen LogP contribution in [-0.2, 0) is 22.7 Å². The Kier molecular flexibility index (Phi) is 6.49. The number of benzene rings is 1. The van der Waals surface area contributed by atoms with Gasteiger partial charge in [0, 0.05) is 51.5 Å². The fourth-order valence-corrected chi connectivity index (χ4v) is 4.63. The maximum atomic E-state index is 12.7. The van der Waals surface area contributed by atoms with Crippen LogP contribution in [0.4, 0.5) is 5.82 Å². The molecule has 164 valence electrons. The topological polar surface area (TPSA) is 78.4 Å². The third kappa shape index (κ3) is 5.03. The summed E-state index contributed by atoms with van der Waals surface area (Å²) in [5, 5.41) is 3.10. The summed E-state index contributed by atoms with van der Waals surface area (Å²) in [6.45, 7) is 1.64. The van der Waals surface area contributed by atoms with Gasteiger partial charge in [0.05, 0.1) is 12.2 Å². The number of carbonyl (C=O) groups is 2. The Hall–Kier alpha value is -2.96. The molecule has 1 N–H and O–H groups in total. The average Bonchev–Trinajstić information content (AvgIpc) is 3.44. The number of nitrogens with zero attached hydrogens (tertiary/aromatic N) is 4. The molecule has 0 spiro atoms. The van der Waals surface area contributed by atoms with Gasteiger partial charge in [-0.1, -0.05) is 43.2 Å². The summed E-state index contributed by atoms with van der Waals surface area (Å²) in [7, 11) is 3.65. The van der Waals surface area contributed by atoms with E-state index in [2.05, 4.69) is 10.3 Å². The van der Waals surface area contributed by atoms with E-state index in [-0.39, 0.29) is 23.7 Å². The van der Waals surface area contributed by atoms with E-state index in [1.165, 1.54) is 0 Å². The van der Waals surface area contributed by atoms with E-state index in [4.69, 9.17) is 4.98 Å². The second-order valence-corrected chi connectivity index (χ2v) is 8.68. The van der Waals surface area contributed by atoms with E-state index < -0.39 is 0 Å². The number of hydrogen-bond donors (Lipinski definition) is 1. The zero-order valence-electron chi connectivity index (χ0n) is 18.4. The number of likely N-dealkylation sites (tertiary alicyclic amines) is 1. The lowest BCUT2D eigenvalue weighted by Crippen LogP contribution is -2.32. The van der Waals surface area contributed by atoms with Crippen molar-refractivity contribution in [3.05, 3.63) is 53.5 Å². The zero-order chi connectivity index (χ0) is 21.8. The average molecular weight is 422 g/mol. The Morgan fingerprint density at radius 1 is 1.19 bits per heavy atom. The van der Waals surface area contributed by atoms with Crippen LogP contribution in [0.15, 0.2) is 36.4 Å². The molecule has 2 fully saturated rings. The number of nitrogens with one attached hydrogen (secondary N) is 1. The number of hydrogen-bond acceptors (Lipinski definition) is 5. The van der Waals surface area contributed by atoms with Gasteiger partial charge in [0.25, 0.3) is 0 Å². The molecule has 1 aromatic carbocycles. The first-order chi connectivity index (χ1) is 15.0. The lowest BCUT2D eigenvalue weighted by Gasteiger charge is -2.21. The maximum Gasteiger partial charge on any atom is 0.225 e. The van der Waals surface area contributed by atoms with Crippen LogP contribution in [-0.4, -0.2) is 52.2 Å². The van der Waals surface area contributed by atoms with Crippen molar-refractivity contribution in [2.24, 2.45) is 5.92 Å². The van der Waals surface area contributed by atoms with Gasteiger partial charge in [-0.25, -0.2) is 9.97 Å². The smallest absolute Gasteiger partial charge is 0.225 e. The minimum atomic E-state index is 0.0286. The molecule has 1 atom stereocenters. The monoisotopic (exact) mass is 421 g/mol. The summed E-state index contributed by atoms with van der Waals surface area (Å²) < 4.78 is 0. The Labute approximate surface area is 183 Å². The van der Waals surface area contributed by atoms with Crippen molar-refractivity contribution < 1.29 is 9.59 Å². The molecule has 7 nitrogen and oxygen atoms in total. The minimum Gasteiger partial charge on any atom is -0.373 e. The standard InChI is InChI=1S/C24H31N5O2/c1-25-21-13-20(19-12-23(30)29(15-19)14-17-8-4-3-5-9-17)26-22(27-21)16-28(2)24(31)18-10-6-7-11-18/h3-5,8-9,13,18-19H,6-7,10-12,14-16H2,1-2H3,(H,25,26,27)/t19-/m1/s1. The minimum absolute atomic E-state index is 0.0286. The first-order valence-corrected chi connectivity index (χ1v) is 11.2. The second kappa shape index (κ2) is 9.45. The van der Waals surface area contributed by atoms with Crippen LogP contribution >= 0.6 is 0 Å². The Morgan fingerprint density at radius 3 is 2.65 bits per heavy atom. The van der Waals surface area contributed by atoms with Gasteiger partial charge in [-0.05, 0) is 18.4 Å². The van der Waals surface area contributed by atoms with Gasteiger partial charge in [0.15, 0.2) is 0 Å².